The Morgan fingerprint density at radius 1 is 1.39 bits per heavy atom. The molecule has 0 saturated carbocycles. The van der Waals surface area contributed by atoms with E-state index in [9.17, 15) is 0 Å². The first-order valence-electron chi connectivity index (χ1n) is 7.00. The molecule has 0 aliphatic heterocycles. The van der Waals surface area contributed by atoms with Crippen LogP contribution in [0.15, 0.2) is 12.4 Å². The molecule has 2 unspecified atom stereocenters. The number of aromatic nitrogens is 2. The summed E-state index contributed by atoms with van der Waals surface area (Å²) in [6, 6.07) is 0.331. The van der Waals surface area contributed by atoms with Crippen LogP contribution in [0.2, 0.25) is 0 Å². The first kappa shape index (κ1) is 15.2. The van der Waals surface area contributed by atoms with Crippen LogP contribution in [0, 0.1) is 0 Å². The quantitative estimate of drug-likeness (QED) is 0.735. The van der Waals surface area contributed by atoms with Gasteiger partial charge in [0, 0.05) is 26.0 Å². The molecular formula is C14H27N3O. The SMILES string of the molecule is CCCNC(CCC(C)OC)c1nccn1CC. The maximum Gasteiger partial charge on any atom is 0.125 e. The van der Waals surface area contributed by atoms with Crippen LogP contribution in [-0.2, 0) is 11.3 Å². The lowest BCUT2D eigenvalue weighted by molar-refractivity contribution is 0.105. The molecule has 0 fully saturated rings. The van der Waals surface area contributed by atoms with Gasteiger partial charge in [-0.15, -0.1) is 0 Å². The third-order valence-corrected chi connectivity index (χ3v) is 3.31. The van der Waals surface area contributed by atoms with E-state index in [-0.39, 0.29) is 0 Å². The van der Waals surface area contributed by atoms with Gasteiger partial charge in [-0.2, -0.15) is 0 Å². The van der Waals surface area contributed by atoms with Gasteiger partial charge in [-0.3, -0.25) is 0 Å². The summed E-state index contributed by atoms with van der Waals surface area (Å²) < 4.78 is 7.54. The lowest BCUT2D eigenvalue weighted by atomic mass is 10.1. The summed E-state index contributed by atoms with van der Waals surface area (Å²) >= 11 is 0. The second kappa shape index (κ2) is 8.27. The van der Waals surface area contributed by atoms with Crippen molar-refractivity contribution in [1.29, 1.82) is 0 Å². The van der Waals surface area contributed by atoms with Crippen molar-refractivity contribution >= 4 is 0 Å². The molecule has 0 aromatic carbocycles. The summed E-state index contributed by atoms with van der Waals surface area (Å²) in [5, 5.41) is 3.59. The van der Waals surface area contributed by atoms with Crippen molar-refractivity contribution in [3.63, 3.8) is 0 Å². The van der Waals surface area contributed by atoms with Gasteiger partial charge in [0.15, 0.2) is 0 Å². The van der Waals surface area contributed by atoms with Crippen molar-refractivity contribution < 1.29 is 4.74 Å². The first-order chi connectivity index (χ1) is 8.72. The van der Waals surface area contributed by atoms with Crippen LogP contribution in [0.25, 0.3) is 0 Å². The number of rotatable bonds is 9. The molecular weight excluding hydrogens is 226 g/mol. The molecule has 0 amide bonds. The van der Waals surface area contributed by atoms with Gasteiger partial charge >= 0.3 is 0 Å². The predicted molar refractivity (Wildman–Crippen MR) is 74.6 cm³/mol. The number of nitrogens with zero attached hydrogens (tertiary/aromatic N) is 2. The Hall–Kier alpha value is -0.870. The van der Waals surface area contributed by atoms with E-state index in [4.69, 9.17) is 4.74 Å². The molecule has 0 saturated heterocycles. The Labute approximate surface area is 111 Å². The van der Waals surface area contributed by atoms with Gasteiger partial charge in [-0.25, -0.2) is 4.98 Å². The third-order valence-electron chi connectivity index (χ3n) is 3.31. The van der Waals surface area contributed by atoms with E-state index in [1.54, 1.807) is 7.11 Å². The smallest absolute Gasteiger partial charge is 0.125 e. The molecule has 0 radical (unpaired) electrons. The van der Waals surface area contributed by atoms with Crippen LogP contribution in [0.4, 0.5) is 0 Å². The van der Waals surface area contributed by atoms with Gasteiger partial charge in [0.25, 0.3) is 0 Å². The summed E-state index contributed by atoms with van der Waals surface area (Å²) in [5.41, 5.74) is 0. The van der Waals surface area contributed by atoms with Crippen molar-refractivity contribution in [1.82, 2.24) is 14.9 Å². The monoisotopic (exact) mass is 253 g/mol. The van der Waals surface area contributed by atoms with Crippen LogP contribution in [0.5, 0.6) is 0 Å². The number of methoxy groups -OCH3 is 1. The molecule has 1 N–H and O–H groups in total. The lowest BCUT2D eigenvalue weighted by Crippen LogP contribution is -2.26. The van der Waals surface area contributed by atoms with Crippen molar-refractivity contribution in [2.75, 3.05) is 13.7 Å². The molecule has 0 aliphatic rings. The Balaban J connectivity index is 2.65. The van der Waals surface area contributed by atoms with Crippen molar-refractivity contribution in [3.8, 4) is 0 Å². The predicted octanol–water partition coefficient (Wildman–Crippen LogP) is 2.76. The minimum absolute atomic E-state index is 0.306. The summed E-state index contributed by atoms with van der Waals surface area (Å²) in [7, 11) is 1.77. The largest absolute Gasteiger partial charge is 0.382 e. The fourth-order valence-corrected chi connectivity index (χ4v) is 2.06. The number of aryl methyl sites for hydroxylation is 1. The van der Waals surface area contributed by atoms with E-state index in [1.165, 1.54) is 0 Å². The highest BCUT2D eigenvalue weighted by Crippen LogP contribution is 2.18. The maximum absolute atomic E-state index is 5.32. The van der Waals surface area contributed by atoms with E-state index in [0.717, 1.165) is 38.2 Å². The summed E-state index contributed by atoms with van der Waals surface area (Å²) in [6.07, 6.45) is 7.50. The molecule has 4 nitrogen and oxygen atoms in total. The molecule has 1 aromatic rings. The average molecular weight is 253 g/mol. The van der Waals surface area contributed by atoms with Gasteiger partial charge in [-0.05, 0) is 39.7 Å². The lowest BCUT2D eigenvalue weighted by Gasteiger charge is -2.20. The number of ether oxygens (including phenoxy) is 1. The Bertz CT molecular complexity index is 325. The number of imidazole rings is 1. The molecule has 1 heterocycles. The summed E-state index contributed by atoms with van der Waals surface area (Å²) in [4.78, 5) is 4.50. The van der Waals surface area contributed by atoms with Crippen LogP contribution in [0.1, 0.15) is 51.9 Å². The zero-order valence-corrected chi connectivity index (χ0v) is 12.1. The molecule has 18 heavy (non-hydrogen) atoms. The average Bonchev–Trinajstić information content (AvgIpc) is 2.86. The number of nitrogens with one attached hydrogen (secondary N) is 1. The maximum atomic E-state index is 5.32. The van der Waals surface area contributed by atoms with Crippen molar-refractivity contribution in [2.45, 2.75) is 58.7 Å². The third kappa shape index (κ3) is 4.42. The molecule has 0 aliphatic carbocycles. The van der Waals surface area contributed by atoms with Crippen LogP contribution in [0.3, 0.4) is 0 Å². The van der Waals surface area contributed by atoms with E-state index >= 15 is 0 Å². The summed E-state index contributed by atoms with van der Waals surface area (Å²) in [5.74, 6) is 1.15. The van der Waals surface area contributed by atoms with Crippen molar-refractivity contribution in [3.05, 3.63) is 18.2 Å². The highest BCUT2D eigenvalue weighted by atomic mass is 16.5. The second-order valence-corrected chi connectivity index (χ2v) is 4.70. The zero-order valence-electron chi connectivity index (χ0n) is 12.1. The van der Waals surface area contributed by atoms with E-state index < -0.39 is 0 Å². The van der Waals surface area contributed by atoms with E-state index in [2.05, 4.69) is 41.8 Å². The van der Waals surface area contributed by atoms with Crippen LogP contribution >= 0.6 is 0 Å². The molecule has 0 spiro atoms. The van der Waals surface area contributed by atoms with Gasteiger partial charge in [0.2, 0.25) is 0 Å². The number of hydrogen-bond donors (Lipinski definition) is 1. The van der Waals surface area contributed by atoms with E-state index in [0.29, 0.717) is 12.1 Å². The summed E-state index contributed by atoms with van der Waals surface area (Å²) in [6.45, 7) is 8.46. The molecule has 1 aromatic heterocycles. The molecule has 1 rings (SSSR count). The first-order valence-corrected chi connectivity index (χ1v) is 7.00. The molecule has 2 atom stereocenters. The normalized spacial score (nSPS) is 14.7. The van der Waals surface area contributed by atoms with Crippen LogP contribution in [-0.4, -0.2) is 29.3 Å². The van der Waals surface area contributed by atoms with Gasteiger partial charge in [0.1, 0.15) is 5.82 Å². The van der Waals surface area contributed by atoms with Gasteiger partial charge in [-0.1, -0.05) is 6.92 Å². The Morgan fingerprint density at radius 3 is 2.78 bits per heavy atom. The minimum atomic E-state index is 0.306. The fraction of sp³-hybridized carbons (Fsp3) is 0.786. The zero-order chi connectivity index (χ0) is 13.4. The van der Waals surface area contributed by atoms with Gasteiger partial charge in [0.05, 0.1) is 12.1 Å². The number of hydrogen-bond acceptors (Lipinski definition) is 3. The Morgan fingerprint density at radius 2 is 2.17 bits per heavy atom. The molecule has 4 heteroatoms. The molecule has 0 bridgehead atoms. The fourth-order valence-electron chi connectivity index (χ4n) is 2.06. The Kier molecular flexibility index (Phi) is 6.98. The van der Waals surface area contributed by atoms with Crippen LogP contribution < -0.4 is 5.32 Å². The van der Waals surface area contributed by atoms with Gasteiger partial charge < -0.3 is 14.6 Å². The molecule has 104 valence electrons. The van der Waals surface area contributed by atoms with Crippen molar-refractivity contribution in [2.24, 2.45) is 0 Å². The highest BCUT2D eigenvalue weighted by Gasteiger charge is 2.16. The standard InChI is InChI=1S/C14H27N3O/c1-5-9-15-13(8-7-12(3)18-4)14-16-10-11-17(14)6-2/h10-13,15H,5-9H2,1-4H3. The highest BCUT2D eigenvalue weighted by molar-refractivity contribution is 4.99. The van der Waals surface area contributed by atoms with E-state index in [1.807, 2.05) is 6.20 Å². The topological polar surface area (TPSA) is 39.1 Å². The minimum Gasteiger partial charge on any atom is -0.382 e. The second-order valence-electron chi connectivity index (χ2n) is 4.70.